The second kappa shape index (κ2) is 14.8. The highest BCUT2D eigenvalue weighted by atomic mass is 35.5. The Morgan fingerprint density at radius 2 is 1.92 bits per heavy atom. The number of alkyl carbamates (subject to hydrolysis) is 1. The Bertz CT molecular complexity index is 882. The van der Waals surface area contributed by atoms with Gasteiger partial charge in [0.15, 0.2) is 0 Å². The molecule has 208 valence electrons. The van der Waals surface area contributed by atoms with E-state index in [1.165, 1.54) is 7.11 Å². The molecule has 1 aliphatic heterocycles. The number of likely N-dealkylation sites (tertiary alicyclic amines) is 1. The maximum absolute atomic E-state index is 13.3. The molecule has 2 fully saturated rings. The highest BCUT2D eigenvalue weighted by Crippen LogP contribution is 2.36. The van der Waals surface area contributed by atoms with Crippen molar-refractivity contribution < 1.29 is 24.2 Å². The number of methoxy groups -OCH3 is 1. The normalized spacial score (nSPS) is 20.8. The molecule has 9 nitrogen and oxygen atoms in total. The summed E-state index contributed by atoms with van der Waals surface area (Å²) >= 11 is 6.34. The van der Waals surface area contributed by atoms with E-state index in [0.717, 1.165) is 49.7 Å². The number of nitrogens with one attached hydrogen (secondary N) is 3. The highest BCUT2D eigenvalue weighted by molar-refractivity contribution is 6.30. The minimum absolute atomic E-state index is 0.0531. The third-order valence-corrected chi connectivity index (χ3v) is 7.84. The van der Waals surface area contributed by atoms with Crippen LogP contribution in [0, 0.1) is 18.8 Å². The second-order valence-electron chi connectivity index (χ2n) is 10.2. The summed E-state index contributed by atoms with van der Waals surface area (Å²) in [5, 5.41) is 20.5. The molecule has 4 atom stereocenters. The molecule has 0 radical (unpaired) electrons. The van der Waals surface area contributed by atoms with Crippen LogP contribution in [0.2, 0.25) is 5.02 Å². The number of aryl methyl sites for hydroxylation is 1. The van der Waals surface area contributed by atoms with Gasteiger partial charge >= 0.3 is 12.1 Å². The average Bonchev–Trinajstić information content (AvgIpc) is 3.44. The van der Waals surface area contributed by atoms with Crippen LogP contribution in [0.25, 0.3) is 0 Å². The average molecular weight is 539 g/mol. The van der Waals surface area contributed by atoms with Crippen LogP contribution in [0.4, 0.5) is 9.59 Å². The summed E-state index contributed by atoms with van der Waals surface area (Å²) in [5.74, 6) is 0.284. The molecule has 1 aliphatic carbocycles. The van der Waals surface area contributed by atoms with Crippen molar-refractivity contribution in [3.63, 3.8) is 0 Å². The van der Waals surface area contributed by atoms with E-state index >= 15 is 0 Å². The van der Waals surface area contributed by atoms with E-state index in [2.05, 4.69) is 20.7 Å². The first-order valence-electron chi connectivity index (χ1n) is 13.4. The van der Waals surface area contributed by atoms with Crippen LogP contribution in [-0.2, 0) is 9.47 Å². The first-order chi connectivity index (χ1) is 17.8. The molecular weight excluding hydrogens is 496 g/mol. The Hall–Kier alpha value is -2.07. The Kier molecular flexibility index (Phi) is 11.8. The van der Waals surface area contributed by atoms with Gasteiger partial charge in [0.1, 0.15) is 0 Å². The zero-order chi connectivity index (χ0) is 26.8. The van der Waals surface area contributed by atoms with Crippen molar-refractivity contribution in [2.24, 2.45) is 11.8 Å². The molecule has 0 aromatic heterocycles. The number of hydrogen-bond acceptors (Lipinski definition) is 6. The lowest BCUT2D eigenvalue weighted by atomic mass is 9.86. The predicted octanol–water partition coefficient (Wildman–Crippen LogP) is 3.62. The molecule has 1 saturated heterocycles. The van der Waals surface area contributed by atoms with Crippen molar-refractivity contribution in [2.75, 3.05) is 46.9 Å². The summed E-state index contributed by atoms with van der Waals surface area (Å²) in [7, 11) is 3.16. The standard InChI is InChI=1S/C27H43ClN4O5/c1-18-10-11-21(28)15-22(18)25(37-14-12-30-27(35)36-3)20-9-6-13-32(17-20)26(34)31-23(16-29-2)24(33)19-7-4-5-8-19/h10-11,15,19-20,23-25,29,33H,4-9,12-14,16-17H2,1-3H3,(H,30,35)(H,31,34)/t20-,23?,24?,25-/m1/s1. The van der Waals surface area contributed by atoms with Gasteiger partial charge in [0.05, 0.1) is 32.0 Å². The molecule has 2 aliphatic rings. The number of carbonyl (C=O) groups is 2. The number of aliphatic hydroxyl groups excluding tert-OH is 1. The number of rotatable bonds is 11. The van der Waals surface area contributed by atoms with Gasteiger partial charge in [0, 0.05) is 37.1 Å². The molecular formula is C27H43ClN4O5. The molecule has 3 amide bonds. The van der Waals surface area contributed by atoms with Crippen LogP contribution in [-0.4, -0.2) is 81.2 Å². The number of nitrogens with zero attached hydrogens (tertiary/aromatic N) is 1. The number of ether oxygens (including phenoxy) is 2. The maximum atomic E-state index is 13.3. The third-order valence-electron chi connectivity index (χ3n) is 7.60. The monoisotopic (exact) mass is 538 g/mol. The van der Waals surface area contributed by atoms with Crippen LogP contribution in [0.3, 0.4) is 0 Å². The fourth-order valence-corrected chi connectivity index (χ4v) is 5.79. The summed E-state index contributed by atoms with van der Waals surface area (Å²) in [6.45, 7) is 4.32. The van der Waals surface area contributed by atoms with Gasteiger partial charge in [-0.25, -0.2) is 9.59 Å². The first kappa shape index (κ1) is 29.5. The van der Waals surface area contributed by atoms with Gasteiger partial charge in [0.2, 0.25) is 0 Å². The third kappa shape index (κ3) is 8.46. The lowest BCUT2D eigenvalue weighted by Crippen LogP contribution is -2.56. The molecule has 0 spiro atoms. The number of aliphatic hydroxyl groups is 1. The van der Waals surface area contributed by atoms with Crippen LogP contribution in [0.5, 0.6) is 0 Å². The van der Waals surface area contributed by atoms with Crippen LogP contribution in [0.1, 0.15) is 55.8 Å². The summed E-state index contributed by atoms with van der Waals surface area (Å²) < 4.78 is 10.9. The summed E-state index contributed by atoms with van der Waals surface area (Å²) in [6.07, 6.45) is 4.67. The topological polar surface area (TPSA) is 112 Å². The lowest BCUT2D eigenvalue weighted by molar-refractivity contribution is -0.00954. The van der Waals surface area contributed by atoms with Crippen LogP contribution < -0.4 is 16.0 Å². The second-order valence-corrected chi connectivity index (χ2v) is 10.6. The fourth-order valence-electron chi connectivity index (χ4n) is 5.60. The SMILES string of the molecule is CNCC(NC(=O)N1CCC[C@@H]([C@@H](OCCNC(=O)OC)c2cc(Cl)ccc2C)C1)C(O)C1CCCC1. The molecule has 10 heteroatoms. The van der Waals surface area contributed by atoms with E-state index in [9.17, 15) is 14.7 Å². The molecule has 2 unspecified atom stereocenters. The van der Waals surface area contributed by atoms with Gasteiger partial charge in [-0.1, -0.05) is 30.5 Å². The first-order valence-corrected chi connectivity index (χ1v) is 13.8. The van der Waals surface area contributed by atoms with Crippen LogP contribution >= 0.6 is 11.6 Å². The largest absolute Gasteiger partial charge is 0.453 e. The number of urea groups is 1. The number of hydrogen-bond donors (Lipinski definition) is 4. The van der Waals surface area contributed by atoms with Crippen LogP contribution in [0.15, 0.2) is 18.2 Å². The van der Waals surface area contributed by atoms with Gasteiger partial charge in [-0.3, -0.25) is 0 Å². The summed E-state index contributed by atoms with van der Waals surface area (Å²) in [5.41, 5.74) is 2.05. The Labute approximate surface area is 225 Å². The van der Waals surface area contributed by atoms with E-state index in [0.29, 0.717) is 37.8 Å². The number of benzene rings is 1. The van der Waals surface area contributed by atoms with Crippen molar-refractivity contribution in [2.45, 2.75) is 63.7 Å². The van der Waals surface area contributed by atoms with Gasteiger partial charge < -0.3 is 35.4 Å². The van der Waals surface area contributed by atoms with Crippen molar-refractivity contribution in [1.82, 2.24) is 20.9 Å². The Morgan fingerprint density at radius 1 is 1.19 bits per heavy atom. The minimum atomic E-state index is -0.563. The van der Waals surface area contributed by atoms with E-state index < -0.39 is 12.2 Å². The molecule has 1 aromatic rings. The zero-order valence-electron chi connectivity index (χ0n) is 22.3. The zero-order valence-corrected chi connectivity index (χ0v) is 23.1. The summed E-state index contributed by atoms with van der Waals surface area (Å²) in [6, 6.07) is 5.26. The molecule has 4 N–H and O–H groups in total. The van der Waals surface area contributed by atoms with Crippen molar-refractivity contribution in [3.8, 4) is 0 Å². The summed E-state index contributed by atoms with van der Waals surface area (Å²) in [4.78, 5) is 26.6. The number of amides is 3. The number of likely N-dealkylation sites (N-methyl/N-ethyl adjacent to an activating group) is 1. The molecule has 3 rings (SSSR count). The van der Waals surface area contributed by atoms with Gasteiger partial charge in [-0.15, -0.1) is 0 Å². The van der Waals surface area contributed by atoms with E-state index in [4.69, 9.17) is 16.3 Å². The molecule has 1 saturated carbocycles. The molecule has 1 aromatic carbocycles. The smallest absolute Gasteiger partial charge is 0.406 e. The van der Waals surface area contributed by atoms with Gasteiger partial charge in [0.25, 0.3) is 0 Å². The Balaban J connectivity index is 1.69. The highest BCUT2D eigenvalue weighted by Gasteiger charge is 2.35. The van der Waals surface area contributed by atoms with E-state index in [1.54, 1.807) is 0 Å². The fraction of sp³-hybridized carbons (Fsp3) is 0.704. The number of halogens is 1. The maximum Gasteiger partial charge on any atom is 0.406 e. The Morgan fingerprint density at radius 3 is 2.62 bits per heavy atom. The molecule has 1 heterocycles. The lowest BCUT2D eigenvalue weighted by Gasteiger charge is -2.38. The van der Waals surface area contributed by atoms with Crippen molar-refractivity contribution in [1.29, 1.82) is 0 Å². The number of piperidine rings is 1. The predicted molar refractivity (Wildman–Crippen MR) is 144 cm³/mol. The van der Waals surface area contributed by atoms with E-state index in [1.807, 2.05) is 37.1 Å². The molecule has 0 bridgehead atoms. The minimum Gasteiger partial charge on any atom is -0.453 e. The van der Waals surface area contributed by atoms with Crippen molar-refractivity contribution in [3.05, 3.63) is 34.3 Å². The van der Waals surface area contributed by atoms with E-state index in [-0.39, 0.29) is 30.0 Å². The quantitative estimate of drug-likeness (QED) is 0.320. The van der Waals surface area contributed by atoms with Gasteiger partial charge in [-0.2, -0.15) is 0 Å². The van der Waals surface area contributed by atoms with Crippen molar-refractivity contribution >= 4 is 23.7 Å². The number of carbonyl (C=O) groups excluding carboxylic acids is 2. The molecule has 37 heavy (non-hydrogen) atoms. The van der Waals surface area contributed by atoms with Gasteiger partial charge in [-0.05, 0) is 68.8 Å².